The molecule has 0 bridgehead atoms. The number of nitrogens with zero attached hydrogens (tertiary/aromatic N) is 1. The Morgan fingerprint density at radius 3 is 2.81 bits per heavy atom. The van der Waals surface area contributed by atoms with Gasteiger partial charge in [-0.1, -0.05) is 19.9 Å². The summed E-state index contributed by atoms with van der Waals surface area (Å²) in [5.41, 5.74) is 0. The van der Waals surface area contributed by atoms with E-state index in [9.17, 15) is 8.42 Å². The Kier molecular flexibility index (Phi) is 5.82. The van der Waals surface area contributed by atoms with Crippen molar-refractivity contribution in [1.82, 2.24) is 9.62 Å². The van der Waals surface area contributed by atoms with Gasteiger partial charge in [-0.2, -0.15) is 0 Å². The maximum absolute atomic E-state index is 11.7. The zero-order valence-electron chi connectivity index (χ0n) is 13.1. The molecule has 0 aromatic carbocycles. The first-order valence-electron chi connectivity index (χ1n) is 7.60. The Morgan fingerprint density at radius 2 is 2.24 bits per heavy atom. The fourth-order valence-electron chi connectivity index (χ4n) is 2.92. The van der Waals surface area contributed by atoms with Gasteiger partial charge in [-0.15, -0.1) is 11.3 Å². The van der Waals surface area contributed by atoms with Gasteiger partial charge in [0.1, 0.15) is 0 Å². The van der Waals surface area contributed by atoms with E-state index in [-0.39, 0.29) is 0 Å². The Hall–Kier alpha value is -0.430. The Labute approximate surface area is 132 Å². The molecule has 21 heavy (non-hydrogen) atoms. The van der Waals surface area contributed by atoms with Crippen molar-refractivity contribution in [2.45, 2.75) is 32.7 Å². The summed E-state index contributed by atoms with van der Waals surface area (Å²) in [6.07, 6.45) is 3.38. The molecule has 6 heteroatoms. The molecule has 0 radical (unpaired) electrons. The van der Waals surface area contributed by atoms with Crippen LogP contribution in [-0.2, 0) is 10.0 Å². The van der Waals surface area contributed by atoms with Crippen LogP contribution in [0.2, 0.25) is 0 Å². The molecule has 0 spiro atoms. The van der Waals surface area contributed by atoms with Crippen LogP contribution in [-0.4, -0.2) is 38.6 Å². The third-order valence-corrected chi connectivity index (χ3v) is 6.32. The van der Waals surface area contributed by atoms with Crippen LogP contribution in [0.4, 0.5) is 0 Å². The highest BCUT2D eigenvalue weighted by Gasteiger charge is 2.26. The van der Waals surface area contributed by atoms with E-state index < -0.39 is 10.0 Å². The minimum absolute atomic E-state index is 0.360. The van der Waals surface area contributed by atoms with Crippen molar-refractivity contribution in [3.63, 3.8) is 0 Å². The van der Waals surface area contributed by atoms with Gasteiger partial charge in [0.25, 0.3) is 0 Å². The van der Waals surface area contributed by atoms with E-state index in [1.54, 1.807) is 15.6 Å². The van der Waals surface area contributed by atoms with Crippen LogP contribution in [0.3, 0.4) is 0 Å². The van der Waals surface area contributed by atoms with Gasteiger partial charge in [0, 0.05) is 24.0 Å². The topological polar surface area (TPSA) is 49.4 Å². The summed E-state index contributed by atoms with van der Waals surface area (Å²) in [6.45, 7) is 6.66. The van der Waals surface area contributed by atoms with Crippen molar-refractivity contribution in [3.05, 3.63) is 22.4 Å². The summed E-state index contributed by atoms with van der Waals surface area (Å²) in [4.78, 5) is 1.36. The summed E-state index contributed by atoms with van der Waals surface area (Å²) in [7, 11) is -3.05. The Morgan fingerprint density at radius 1 is 1.48 bits per heavy atom. The molecule has 2 heterocycles. The van der Waals surface area contributed by atoms with E-state index in [1.165, 1.54) is 11.1 Å². The van der Waals surface area contributed by atoms with E-state index in [4.69, 9.17) is 0 Å². The third-order valence-electron chi connectivity index (χ3n) is 4.09. The molecule has 1 saturated heterocycles. The molecule has 120 valence electrons. The van der Waals surface area contributed by atoms with Crippen molar-refractivity contribution in [2.24, 2.45) is 11.8 Å². The number of hydrogen-bond donors (Lipinski definition) is 1. The molecule has 0 saturated carbocycles. The van der Waals surface area contributed by atoms with Gasteiger partial charge in [0.2, 0.25) is 10.0 Å². The molecular weight excluding hydrogens is 304 g/mol. The van der Waals surface area contributed by atoms with Crippen molar-refractivity contribution in [1.29, 1.82) is 0 Å². The lowest BCUT2D eigenvalue weighted by molar-refractivity contribution is 0.249. The van der Waals surface area contributed by atoms with Gasteiger partial charge in [-0.3, -0.25) is 0 Å². The van der Waals surface area contributed by atoms with Crippen molar-refractivity contribution in [3.8, 4) is 0 Å². The number of piperidine rings is 1. The van der Waals surface area contributed by atoms with Crippen LogP contribution < -0.4 is 5.32 Å². The molecule has 1 aliphatic rings. The monoisotopic (exact) mass is 330 g/mol. The van der Waals surface area contributed by atoms with Gasteiger partial charge < -0.3 is 5.32 Å². The van der Waals surface area contributed by atoms with Crippen LogP contribution in [0.15, 0.2) is 17.5 Å². The van der Waals surface area contributed by atoms with Crippen LogP contribution >= 0.6 is 11.3 Å². The van der Waals surface area contributed by atoms with Crippen LogP contribution in [0.25, 0.3) is 0 Å². The van der Waals surface area contributed by atoms with Gasteiger partial charge in [0.05, 0.1) is 6.26 Å². The molecule has 2 rings (SSSR count). The average Bonchev–Trinajstić information content (AvgIpc) is 2.92. The molecular formula is C15H26N2O2S2. The molecule has 0 aliphatic carbocycles. The minimum atomic E-state index is -3.05. The predicted molar refractivity (Wildman–Crippen MR) is 89.0 cm³/mol. The normalized spacial score (nSPS) is 22.6. The van der Waals surface area contributed by atoms with E-state index in [1.807, 2.05) is 0 Å². The van der Waals surface area contributed by atoms with E-state index in [2.05, 4.69) is 36.7 Å². The number of sulfonamides is 1. The first-order chi connectivity index (χ1) is 9.88. The molecule has 0 amide bonds. The van der Waals surface area contributed by atoms with E-state index in [0.717, 1.165) is 19.4 Å². The zero-order chi connectivity index (χ0) is 15.5. The van der Waals surface area contributed by atoms with Gasteiger partial charge in [-0.05, 0) is 42.7 Å². The van der Waals surface area contributed by atoms with E-state index >= 15 is 0 Å². The standard InChI is InChI=1S/C15H26N2O2S2/c1-12(2)15(14-7-5-9-20-14)16-10-13-6-4-8-17(11-13)21(3,18)19/h5,7,9,12-13,15-16H,4,6,8,10-11H2,1-3H3. The first kappa shape index (κ1) is 16.9. The first-order valence-corrected chi connectivity index (χ1v) is 10.3. The number of nitrogens with one attached hydrogen (secondary N) is 1. The molecule has 4 nitrogen and oxygen atoms in total. The lowest BCUT2D eigenvalue weighted by atomic mass is 9.97. The third kappa shape index (κ3) is 4.77. The average molecular weight is 331 g/mol. The molecule has 2 atom stereocenters. The van der Waals surface area contributed by atoms with Gasteiger partial charge in [0.15, 0.2) is 0 Å². The molecule has 1 aromatic heterocycles. The van der Waals surface area contributed by atoms with Crippen molar-refractivity contribution in [2.75, 3.05) is 25.9 Å². The summed E-state index contributed by atoms with van der Waals surface area (Å²) in [6, 6.07) is 4.62. The zero-order valence-corrected chi connectivity index (χ0v) is 14.7. The fraction of sp³-hybridized carbons (Fsp3) is 0.733. The maximum Gasteiger partial charge on any atom is 0.211 e. The van der Waals surface area contributed by atoms with Crippen LogP contribution in [0, 0.1) is 11.8 Å². The fourth-order valence-corrected chi connectivity index (χ4v) is 4.84. The highest BCUT2D eigenvalue weighted by atomic mass is 32.2. The smallest absolute Gasteiger partial charge is 0.211 e. The molecule has 1 aliphatic heterocycles. The lowest BCUT2D eigenvalue weighted by Crippen LogP contribution is -2.43. The summed E-state index contributed by atoms with van der Waals surface area (Å²) in [5.74, 6) is 0.938. The SMILES string of the molecule is CC(C)C(NCC1CCCN(S(C)(=O)=O)C1)c1cccs1. The Balaban J connectivity index is 1.92. The van der Waals surface area contributed by atoms with Crippen LogP contribution in [0.5, 0.6) is 0 Å². The van der Waals surface area contributed by atoms with Crippen molar-refractivity contribution >= 4 is 21.4 Å². The lowest BCUT2D eigenvalue weighted by Gasteiger charge is -2.32. The Bertz CT molecular complexity index is 526. The van der Waals surface area contributed by atoms with Crippen LogP contribution in [0.1, 0.15) is 37.6 Å². The summed E-state index contributed by atoms with van der Waals surface area (Å²) >= 11 is 1.78. The summed E-state index contributed by atoms with van der Waals surface area (Å²) in [5, 5.41) is 5.76. The van der Waals surface area contributed by atoms with Gasteiger partial charge >= 0.3 is 0 Å². The predicted octanol–water partition coefficient (Wildman–Crippen LogP) is 2.71. The quantitative estimate of drug-likeness (QED) is 0.872. The van der Waals surface area contributed by atoms with E-state index in [0.29, 0.717) is 31.0 Å². The maximum atomic E-state index is 11.7. The number of rotatable bonds is 6. The number of thiophene rings is 1. The molecule has 1 N–H and O–H groups in total. The second-order valence-corrected chi connectivity index (χ2v) is 9.24. The molecule has 2 unspecified atom stereocenters. The number of hydrogen-bond acceptors (Lipinski definition) is 4. The highest BCUT2D eigenvalue weighted by molar-refractivity contribution is 7.88. The molecule has 1 fully saturated rings. The van der Waals surface area contributed by atoms with Crippen molar-refractivity contribution < 1.29 is 8.42 Å². The largest absolute Gasteiger partial charge is 0.309 e. The second kappa shape index (κ2) is 7.22. The molecule has 1 aromatic rings. The summed E-state index contributed by atoms with van der Waals surface area (Å²) < 4.78 is 25.0. The second-order valence-electron chi connectivity index (χ2n) is 6.27. The van der Waals surface area contributed by atoms with Gasteiger partial charge in [-0.25, -0.2) is 12.7 Å². The minimum Gasteiger partial charge on any atom is -0.309 e. The highest BCUT2D eigenvalue weighted by Crippen LogP contribution is 2.27.